The van der Waals surface area contributed by atoms with Crippen LogP contribution in [0.4, 0.5) is 18.2 Å². The Kier molecular flexibility index (Phi) is 2.93. The molecule has 0 atom stereocenters. The van der Waals surface area contributed by atoms with E-state index in [0.29, 0.717) is 16.3 Å². The van der Waals surface area contributed by atoms with Crippen LogP contribution in [0.3, 0.4) is 0 Å². The molecule has 17 heavy (non-hydrogen) atoms. The number of anilines is 1. The van der Waals surface area contributed by atoms with E-state index in [2.05, 4.69) is 9.72 Å². The molecule has 1 aromatic carbocycles. The fourth-order valence-corrected chi connectivity index (χ4v) is 1.87. The van der Waals surface area contributed by atoms with E-state index in [1.165, 1.54) is 35.0 Å². The summed E-state index contributed by atoms with van der Waals surface area (Å²) >= 11 is 1.22. The monoisotopic (exact) mass is 260 g/mol. The van der Waals surface area contributed by atoms with Crippen LogP contribution >= 0.6 is 11.3 Å². The van der Waals surface area contributed by atoms with Gasteiger partial charge in [0.1, 0.15) is 16.4 Å². The zero-order valence-corrected chi connectivity index (χ0v) is 9.18. The first-order valence-corrected chi connectivity index (χ1v) is 5.39. The first-order chi connectivity index (χ1) is 7.96. The third kappa shape index (κ3) is 2.88. The van der Waals surface area contributed by atoms with Crippen molar-refractivity contribution in [3.63, 3.8) is 0 Å². The standard InChI is InChI=1S/C10H7F3N2OS/c11-10(12,13)16-7-3-1-2-6(4-7)8-9(14)17-5-15-8/h1-5H,14H2. The van der Waals surface area contributed by atoms with Gasteiger partial charge >= 0.3 is 6.36 Å². The Morgan fingerprint density at radius 1 is 1.29 bits per heavy atom. The van der Waals surface area contributed by atoms with Crippen molar-refractivity contribution in [2.45, 2.75) is 6.36 Å². The molecule has 2 N–H and O–H groups in total. The average molecular weight is 260 g/mol. The molecule has 0 aliphatic heterocycles. The lowest BCUT2D eigenvalue weighted by Gasteiger charge is -2.09. The lowest BCUT2D eigenvalue weighted by molar-refractivity contribution is -0.274. The second kappa shape index (κ2) is 4.25. The van der Waals surface area contributed by atoms with E-state index in [1.54, 1.807) is 6.07 Å². The second-order valence-corrected chi connectivity index (χ2v) is 4.03. The minimum absolute atomic E-state index is 0.289. The van der Waals surface area contributed by atoms with Gasteiger partial charge in [0, 0.05) is 5.56 Å². The number of nitrogens with two attached hydrogens (primary N) is 1. The molecule has 0 unspecified atom stereocenters. The number of hydrogen-bond donors (Lipinski definition) is 1. The first kappa shape index (κ1) is 11.7. The summed E-state index contributed by atoms with van der Waals surface area (Å²) in [5.74, 6) is -0.289. The zero-order valence-electron chi connectivity index (χ0n) is 8.36. The van der Waals surface area contributed by atoms with Crippen molar-refractivity contribution in [2.75, 3.05) is 5.73 Å². The smallest absolute Gasteiger partial charge is 0.406 e. The van der Waals surface area contributed by atoms with Crippen LogP contribution in [-0.2, 0) is 0 Å². The number of aromatic nitrogens is 1. The molecule has 0 aliphatic carbocycles. The van der Waals surface area contributed by atoms with Crippen LogP contribution in [0, 0.1) is 0 Å². The highest BCUT2D eigenvalue weighted by molar-refractivity contribution is 7.14. The van der Waals surface area contributed by atoms with Gasteiger partial charge in [0.2, 0.25) is 0 Å². The second-order valence-electron chi connectivity index (χ2n) is 3.14. The molecule has 7 heteroatoms. The van der Waals surface area contributed by atoms with Crippen LogP contribution in [0.2, 0.25) is 0 Å². The fraction of sp³-hybridized carbons (Fsp3) is 0.100. The summed E-state index contributed by atoms with van der Waals surface area (Å²) in [4.78, 5) is 3.98. The van der Waals surface area contributed by atoms with Gasteiger partial charge in [-0.25, -0.2) is 4.98 Å². The number of ether oxygens (including phenoxy) is 1. The topological polar surface area (TPSA) is 48.1 Å². The number of halogens is 3. The minimum atomic E-state index is -4.70. The summed E-state index contributed by atoms with van der Waals surface area (Å²) in [6.07, 6.45) is -4.70. The van der Waals surface area contributed by atoms with Crippen LogP contribution in [0.5, 0.6) is 5.75 Å². The SMILES string of the molecule is Nc1scnc1-c1cccc(OC(F)(F)F)c1. The molecule has 0 aliphatic rings. The van der Waals surface area contributed by atoms with Crippen molar-refractivity contribution in [1.29, 1.82) is 0 Å². The molecule has 0 amide bonds. The Morgan fingerprint density at radius 2 is 2.06 bits per heavy atom. The molecule has 90 valence electrons. The van der Waals surface area contributed by atoms with Crippen molar-refractivity contribution in [3.8, 4) is 17.0 Å². The Morgan fingerprint density at radius 3 is 2.65 bits per heavy atom. The van der Waals surface area contributed by atoms with E-state index in [1.807, 2.05) is 0 Å². The molecule has 0 spiro atoms. The third-order valence-electron chi connectivity index (χ3n) is 1.94. The molecule has 2 aromatic rings. The largest absolute Gasteiger partial charge is 0.573 e. The van der Waals surface area contributed by atoms with Gasteiger partial charge in [-0.3, -0.25) is 0 Å². The third-order valence-corrected chi connectivity index (χ3v) is 2.59. The molecule has 0 bridgehead atoms. The highest BCUT2D eigenvalue weighted by atomic mass is 32.1. The van der Waals surface area contributed by atoms with Gasteiger partial charge in [-0.05, 0) is 12.1 Å². The molecular formula is C10H7F3N2OS. The molecule has 0 fully saturated rings. The highest BCUT2D eigenvalue weighted by Crippen LogP contribution is 2.31. The van der Waals surface area contributed by atoms with E-state index in [0.717, 1.165) is 0 Å². The lowest BCUT2D eigenvalue weighted by atomic mass is 10.1. The van der Waals surface area contributed by atoms with Crippen molar-refractivity contribution in [3.05, 3.63) is 29.8 Å². The van der Waals surface area contributed by atoms with E-state index < -0.39 is 6.36 Å². The van der Waals surface area contributed by atoms with Crippen LogP contribution in [0.1, 0.15) is 0 Å². The van der Waals surface area contributed by atoms with Gasteiger partial charge in [-0.15, -0.1) is 24.5 Å². The van der Waals surface area contributed by atoms with Gasteiger partial charge in [-0.1, -0.05) is 12.1 Å². The summed E-state index contributed by atoms with van der Waals surface area (Å²) in [6, 6.07) is 5.54. The predicted molar refractivity (Wildman–Crippen MR) is 58.6 cm³/mol. The van der Waals surface area contributed by atoms with Crippen molar-refractivity contribution >= 4 is 16.3 Å². The van der Waals surface area contributed by atoms with E-state index in [-0.39, 0.29) is 5.75 Å². The number of nitrogens with zero attached hydrogens (tertiary/aromatic N) is 1. The van der Waals surface area contributed by atoms with Crippen LogP contribution in [0.15, 0.2) is 29.8 Å². The Labute approximate surface area is 98.7 Å². The van der Waals surface area contributed by atoms with Gasteiger partial charge in [0.15, 0.2) is 0 Å². The molecule has 2 rings (SSSR count). The maximum atomic E-state index is 12.0. The number of nitrogen functional groups attached to an aromatic ring is 1. The molecule has 1 heterocycles. The minimum Gasteiger partial charge on any atom is -0.406 e. The van der Waals surface area contributed by atoms with Crippen LogP contribution in [-0.4, -0.2) is 11.3 Å². The van der Waals surface area contributed by atoms with Crippen molar-refractivity contribution < 1.29 is 17.9 Å². The quantitative estimate of drug-likeness (QED) is 0.901. The Hall–Kier alpha value is -1.76. The predicted octanol–water partition coefficient (Wildman–Crippen LogP) is 3.29. The van der Waals surface area contributed by atoms with Gasteiger partial charge in [0.25, 0.3) is 0 Å². The Balaban J connectivity index is 2.32. The van der Waals surface area contributed by atoms with Gasteiger partial charge < -0.3 is 10.5 Å². The zero-order chi connectivity index (χ0) is 12.5. The van der Waals surface area contributed by atoms with Crippen LogP contribution < -0.4 is 10.5 Å². The van der Waals surface area contributed by atoms with Crippen molar-refractivity contribution in [2.24, 2.45) is 0 Å². The Bertz CT molecular complexity index is 524. The van der Waals surface area contributed by atoms with E-state index >= 15 is 0 Å². The molecule has 0 radical (unpaired) electrons. The van der Waals surface area contributed by atoms with Gasteiger partial charge in [0.05, 0.1) is 5.51 Å². The molecule has 1 aromatic heterocycles. The average Bonchev–Trinajstić information content (AvgIpc) is 2.62. The molecule has 0 saturated carbocycles. The number of benzene rings is 1. The summed E-state index contributed by atoms with van der Waals surface area (Å²) in [5, 5.41) is 0.453. The fourth-order valence-electron chi connectivity index (χ4n) is 1.31. The lowest BCUT2D eigenvalue weighted by Crippen LogP contribution is -2.17. The molecule has 0 saturated heterocycles. The summed E-state index contributed by atoms with van der Waals surface area (Å²) in [6.45, 7) is 0. The maximum Gasteiger partial charge on any atom is 0.573 e. The van der Waals surface area contributed by atoms with Crippen molar-refractivity contribution in [1.82, 2.24) is 4.98 Å². The van der Waals surface area contributed by atoms with E-state index in [4.69, 9.17) is 5.73 Å². The highest BCUT2D eigenvalue weighted by Gasteiger charge is 2.31. The molecular weight excluding hydrogens is 253 g/mol. The number of hydrogen-bond acceptors (Lipinski definition) is 4. The number of alkyl halides is 3. The summed E-state index contributed by atoms with van der Waals surface area (Å²) in [5.41, 5.74) is 8.12. The first-order valence-electron chi connectivity index (χ1n) is 4.51. The summed E-state index contributed by atoms with van der Waals surface area (Å²) in [7, 11) is 0. The van der Waals surface area contributed by atoms with Crippen LogP contribution in [0.25, 0.3) is 11.3 Å². The summed E-state index contributed by atoms with van der Waals surface area (Å²) < 4.78 is 39.9. The van der Waals surface area contributed by atoms with E-state index in [9.17, 15) is 13.2 Å². The molecule has 3 nitrogen and oxygen atoms in total. The number of thiazole rings is 1. The normalized spacial score (nSPS) is 11.5. The maximum absolute atomic E-state index is 12.0. The number of rotatable bonds is 2. The van der Waals surface area contributed by atoms with Gasteiger partial charge in [-0.2, -0.15) is 0 Å².